The zero-order valence-electron chi connectivity index (χ0n) is 10.5. The summed E-state index contributed by atoms with van der Waals surface area (Å²) in [6.07, 6.45) is 0. The first-order valence-corrected chi connectivity index (χ1v) is 7.19. The van der Waals surface area contributed by atoms with Gasteiger partial charge in [-0.15, -0.1) is 11.3 Å². The molecule has 0 saturated carbocycles. The van der Waals surface area contributed by atoms with Gasteiger partial charge in [-0.05, 0) is 30.3 Å². The molecule has 0 aliphatic carbocycles. The van der Waals surface area contributed by atoms with Gasteiger partial charge < -0.3 is 5.32 Å². The van der Waals surface area contributed by atoms with Gasteiger partial charge in [0.2, 0.25) is 0 Å². The second-order valence-electron chi connectivity index (χ2n) is 4.32. The summed E-state index contributed by atoms with van der Waals surface area (Å²) in [7, 11) is 0. The van der Waals surface area contributed by atoms with Gasteiger partial charge in [0.1, 0.15) is 16.5 Å². The lowest BCUT2D eigenvalue weighted by atomic mass is 10.2. The highest BCUT2D eigenvalue weighted by Gasteiger charge is 2.18. The van der Waals surface area contributed by atoms with Crippen LogP contribution in [0.25, 0.3) is 10.1 Å². The highest BCUT2D eigenvalue weighted by Crippen LogP contribution is 2.36. The van der Waals surface area contributed by atoms with Crippen LogP contribution in [0.3, 0.4) is 0 Å². The van der Waals surface area contributed by atoms with Gasteiger partial charge in [-0.3, -0.25) is 4.79 Å². The van der Waals surface area contributed by atoms with Crippen molar-refractivity contribution in [3.8, 4) is 0 Å². The number of nitrogens with one attached hydrogen (secondary N) is 1. The van der Waals surface area contributed by atoms with Gasteiger partial charge >= 0.3 is 0 Å². The molecule has 0 fully saturated rings. The standard InChI is InChI=1S/C15H8ClF2NOS/c16-13-9-6-5-8(17)7-12(9)21-14(13)15(20)19-11-4-2-1-3-10(11)18/h1-7H,(H,19,20). The molecule has 0 radical (unpaired) electrons. The molecule has 3 rings (SSSR count). The van der Waals surface area contributed by atoms with E-state index in [9.17, 15) is 13.6 Å². The first kappa shape index (κ1) is 14.0. The summed E-state index contributed by atoms with van der Waals surface area (Å²) in [5.74, 6) is -1.46. The molecule has 106 valence electrons. The van der Waals surface area contributed by atoms with Crippen molar-refractivity contribution < 1.29 is 13.6 Å². The number of carbonyl (C=O) groups is 1. The fourth-order valence-corrected chi connectivity index (χ4v) is 3.36. The topological polar surface area (TPSA) is 29.1 Å². The normalized spacial score (nSPS) is 10.8. The Labute approximate surface area is 128 Å². The van der Waals surface area contributed by atoms with Crippen LogP contribution in [-0.2, 0) is 0 Å². The number of benzene rings is 2. The minimum atomic E-state index is -0.533. The van der Waals surface area contributed by atoms with E-state index in [2.05, 4.69) is 5.32 Å². The fraction of sp³-hybridized carbons (Fsp3) is 0. The fourth-order valence-electron chi connectivity index (χ4n) is 1.93. The number of carbonyl (C=O) groups excluding carboxylic acids is 1. The number of thiophene rings is 1. The third-order valence-electron chi connectivity index (χ3n) is 2.92. The van der Waals surface area contributed by atoms with E-state index in [0.717, 1.165) is 11.3 Å². The number of para-hydroxylation sites is 1. The van der Waals surface area contributed by atoms with Crippen molar-refractivity contribution in [3.63, 3.8) is 0 Å². The smallest absolute Gasteiger partial charge is 0.267 e. The van der Waals surface area contributed by atoms with Gasteiger partial charge in [0.15, 0.2) is 0 Å². The number of fused-ring (bicyclic) bond motifs is 1. The molecular formula is C15H8ClF2NOS. The van der Waals surface area contributed by atoms with Crippen LogP contribution >= 0.6 is 22.9 Å². The molecule has 0 bridgehead atoms. The van der Waals surface area contributed by atoms with E-state index in [0.29, 0.717) is 10.1 Å². The van der Waals surface area contributed by atoms with Crippen LogP contribution in [-0.4, -0.2) is 5.91 Å². The summed E-state index contributed by atoms with van der Waals surface area (Å²) in [6, 6.07) is 9.95. The van der Waals surface area contributed by atoms with Crippen LogP contribution < -0.4 is 5.32 Å². The summed E-state index contributed by atoms with van der Waals surface area (Å²) in [5, 5.41) is 3.30. The van der Waals surface area contributed by atoms with Crippen molar-refractivity contribution in [2.75, 3.05) is 5.32 Å². The zero-order valence-corrected chi connectivity index (χ0v) is 12.1. The van der Waals surface area contributed by atoms with E-state index in [-0.39, 0.29) is 15.6 Å². The Morgan fingerprint density at radius 1 is 1.14 bits per heavy atom. The summed E-state index contributed by atoms with van der Waals surface area (Å²) in [4.78, 5) is 12.4. The maximum Gasteiger partial charge on any atom is 0.267 e. The van der Waals surface area contributed by atoms with Gasteiger partial charge in [0, 0.05) is 10.1 Å². The van der Waals surface area contributed by atoms with E-state index >= 15 is 0 Å². The van der Waals surface area contributed by atoms with Crippen LogP contribution in [0, 0.1) is 11.6 Å². The molecule has 2 nitrogen and oxygen atoms in total. The summed E-state index contributed by atoms with van der Waals surface area (Å²) in [6.45, 7) is 0. The molecule has 3 aromatic rings. The second kappa shape index (κ2) is 5.42. The monoisotopic (exact) mass is 323 g/mol. The highest BCUT2D eigenvalue weighted by atomic mass is 35.5. The number of hydrogen-bond acceptors (Lipinski definition) is 2. The van der Waals surface area contributed by atoms with Crippen LogP contribution in [0.15, 0.2) is 42.5 Å². The Kier molecular flexibility index (Phi) is 3.61. The van der Waals surface area contributed by atoms with Gasteiger partial charge in [-0.2, -0.15) is 0 Å². The average molecular weight is 324 g/mol. The predicted octanol–water partition coefficient (Wildman–Crippen LogP) is 5.09. The van der Waals surface area contributed by atoms with Gasteiger partial charge in [0.05, 0.1) is 10.7 Å². The van der Waals surface area contributed by atoms with Crippen molar-refractivity contribution >= 4 is 44.6 Å². The number of anilines is 1. The predicted molar refractivity (Wildman–Crippen MR) is 81.1 cm³/mol. The largest absolute Gasteiger partial charge is 0.319 e. The molecule has 0 saturated heterocycles. The van der Waals surface area contributed by atoms with E-state index < -0.39 is 17.5 Å². The molecule has 6 heteroatoms. The first-order valence-electron chi connectivity index (χ1n) is 5.99. The van der Waals surface area contributed by atoms with Crippen molar-refractivity contribution in [2.24, 2.45) is 0 Å². The van der Waals surface area contributed by atoms with Crippen LogP contribution in [0.2, 0.25) is 5.02 Å². The Bertz CT molecular complexity index is 847. The third kappa shape index (κ3) is 2.62. The number of hydrogen-bond donors (Lipinski definition) is 1. The molecule has 0 atom stereocenters. The second-order valence-corrected chi connectivity index (χ2v) is 5.75. The average Bonchev–Trinajstić information content (AvgIpc) is 2.78. The molecule has 2 aromatic carbocycles. The van der Waals surface area contributed by atoms with E-state index in [1.54, 1.807) is 6.07 Å². The third-order valence-corrected chi connectivity index (χ3v) is 4.58. The Morgan fingerprint density at radius 3 is 2.67 bits per heavy atom. The molecule has 1 amide bonds. The number of halogens is 3. The van der Waals surface area contributed by atoms with E-state index in [1.807, 2.05) is 0 Å². The van der Waals surface area contributed by atoms with Crippen molar-refractivity contribution in [1.29, 1.82) is 0 Å². The summed E-state index contributed by atoms with van der Waals surface area (Å²) >= 11 is 7.21. The van der Waals surface area contributed by atoms with E-state index in [1.165, 1.54) is 36.4 Å². The number of rotatable bonds is 2. The molecule has 1 heterocycles. The van der Waals surface area contributed by atoms with Gasteiger partial charge in [-0.25, -0.2) is 8.78 Å². The Morgan fingerprint density at radius 2 is 1.90 bits per heavy atom. The van der Waals surface area contributed by atoms with Crippen molar-refractivity contribution in [2.45, 2.75) is 0 Å². The zero-order chi connectivity index (χ0) is 15.0. The van der Waals surface area contributed by atoms with Crippen molar-refractivity contribution in [3.05, 3.63) is 64.0 Å². The van der Waals surface area contributed by atoms with Crippen LogP contribution in [0.4, 0.5) is 14.5 Å². The quantitative estimate of drug-likeness (QED) is 0.699. The molecular weight excluding hydrogens is 316 g/mol. The Balaban J connectivity index is 1.98. The van der Waals surface area contributed by atoms with Crippen molar-refractivity contribution in [1.82, 2.24) is 0 Å². The van der Waals surface area contributed by atoms with Gasteiger partial charge in [-0.1, -0.05) is 23.7 Å². The Hall–Kier alpha value is -1.98. The maximum absolute atomic E-state index is 13.5. The lowest BCUT2D eigenvalue weighted by Crippen LogP contribution is -2.11. The SMILES string of the molecule is O=C(Nc1ccccc1F)c1sc2cc(F)ccc2c1Cl. The highest BCUT2D eigenvalue weighted by molar-refractivity contribution is 7.21. The summed E-state index contributed by atoms with van der Waals surface area (Å²) in [5.41, 5.74) is 0.0715. The van der Waals surface area contributed by atoms with Gasteiger partial charge in [0.25, 0.3) is 5.91 Å². The minimum absolute atomic E-state index is 0.0715. The molecule has 0 aliphatic heterocycles. The maximum atomic E-state index is 13.5. The molecule has 0 aliphatic rings. The number of amides is 1. The molecule has 21 heavy (non-hydrogen) atoms. The summed E-state index contributed by atoms with van der Waals surface area (Å²) < 4.78 is 27.3. The first-order chi connectivity index (χ1) is 10.1. The van der Waals surface area contributed by atoms with Crippen LogP contribution in [0.5, 0.6) is 0 Å². The van der Waals surface area contributed by atoms with Crippen LogP contribution in [0.1, 0.15) is 9.67 Å². The van der Waals surface area contributed by atoms with E-state index in [4.69, 9.17) is 11.6 Å². The lowest BCUT2D eigenvalue weighted by molar-refractivity contribution is 0.103. The molecule has 1 aromatic heterocycles. The minimum Gasteiger partial charge on any atom is -0.319 e. The molecule has 0 spiro atoms. The lowest BCUT2D eigenvalue weighted by Gasteiger charge is -2.04. The molecule has 1 N–H and O–H groups in total. The molecule has 0 unspecified atom stereocenters.